The lowest BCUT2D eigenvalue weighted by molar-refractivity contribution is 0.577. The van der Waals surface area contributed by atoms with Crippen molar-refractivity contribution >= 4 is 10.0 Å². The summed E-state index contributed by atoms with van der Waals surface area (Å²) in [5, 5.41) is 0. The summed E-state index contributed by atoms with van der Waals surface area (Å²) in [6.07, 6.45) is 2.88. The zero-order chi connectivity index (χ0) is 14.8. The maximum absolute atomic E-state index is 13.2. The first kappa shape index (κ1) is 14.5. The van der Waals surface area contributed by atoms with E-state index in [2.05, 4.69) is 14.7 Å². The van der Waals surface area contributed by atoms with E-state index in [1.54, 1.807) is 19.9 Å². The van der Waals surface area contributed by atoms with Crippen molar-refractivity contribution in [3.63, 3.8) is 0 Å². The number of aromatic nitrogens is 2. The van der Waals surface area contributed by atoms with Gasteiger partial charge in [0.2, 0.25) is 10.0 Å². The average Bonchev–Trinajstić information content (AvgIpc) is 2.36. The highest BCUT2D eigenvalue weighted by molar-refractivity contribution is 7.89. The number of sulfonamides is 1. The number of hydrogen-bond donors (Lipinski definition) is 1. The van der Waals surface area contributed by atoms with Gasteiger partial charge in [-0.05, 0) is 43.2 Å². The van der Waals surface area contributed by atoms with Crippen molar-refractivity contribution in [1.29, 1.82) is 0 Å². The van der Waals surface area contributed by atoms with Gasteiger partial charge in [-0.1, -0.05) is 0 Å². The van der Waals surface area contributed by atoms with E-state index in [0.29, 0.717) is 16.8 Å². The molecule has 0 amide bonds. The van der Waals surface area contributed by atoms with E-state index in [0.717, 1.165) is 0 Å². The van der Waals surface area contributed by atoms with Crippen LogP contribution in [0.1, 0.15) is 16.8 Å². The lowest BCUT2D eigenvalue weighted by Crippen LogP contribution is -2.25. The maximum atomic E-state index is 13.2. The fourth-order valence-corrected chi connectivity index (χ4v) is 3.43. The topological polar surface area (TPSA) is 72.0 Å². The average molecular weight is 295 g/mol. The Kier molecular flexibility index (Phi) is 4.10. The Balaban J connectivity index is 2.28. The summed E-state index contributed by atoms with van der Waals surface area (Å²) < 4.78 is 40.2. The van der Waals surface area contributed by atoms with E-state index in [1.165, 1.54) is 24.7 Å². The first-order chi connectivity index (χ1) is 9.40. The van der Waals surface area contributed by atoms with Crippen LogP contribution in [0.3, 0.4) is 0 Å². The molecule has 20 heavy (non-hydrogen) atoms. The molecule has 0 radical (unpaired) electrons. The minimum absolute atomic E-state index is 0.0567. The maximum Gasteiger partial charge on any atom is 0.241 e. The van der Waals surface area contributed by atoms with Crippen LogP contribution in [-0.2, 0) is 16.6 Å². The van der Waals surface area contributed by atoms with Crippen LogP contribution in [0.5, 0.6) is 0 Å². The number of halogens is 1. The minimum Gasteiger partial charge on any atom is -0.245 e. The Bertz CT molecular complexity index is 695. The molecule has 106 valence electrons. The quantitative estimate of drug-likeness (QED) is 0.932. The summed E-state index contributed by atoms with van der Waals surface area (Å²) >= 11 is 0. The molecule has 1 heterocycles. The first-order valence-corrected chi connectivity index (χ1v) is 7.40. The van der Waals surface area contributed by atoms with Crippen molar-refractivity contribution in [1.82, 2.24) is 14.7 Å². The number of rotatable bonds is 4. The second-order valence-corrected chi connectivity index (χ2v) is 6.10. The molecule has 7 heteroatoms. The van der Waals surface area contributed by atoms with Crippen molar-refractivity contribution in [2.24, 2.45) is 0 Å². The third-order valence-electron chi connectivity index (χ3n) is 2.78. The number of nitrogens with zero attached hydrogens (tertiary/aromatic N) is 2. The number of nitrogens with one attached hydrogen (secondary N) is 1. The Morgan fingerprint density at radius 1 is 1.25 bits per heavy atom. The van der Waals surface area contributed by atoms with E-state index in [9.17, 15) is 12.8 Å². The third kappa shape index (κ3) is 3.17. The van der Waals surface area contributed by atoms with Gasteiger partial charge >= 0.3 is 0 Å². The first-order valence-electron chi connectivity index (χ1n) is 5.91. The molecule has 1 aromatic heterocycles. The van der Waals surface area contributed by atoms with Crippen LogP contribution in [-0.4, -0.2) is 18.4 Å². The SMILES string of the molecule is Cc1cc(F)cc(C)c1S(=O)(=O)NCc1ccncn1. The van der Waals surface area contributed by atoms with Crippen LogP contribution in [0.15, 0.2) is 35.6 Å². The molecule has 0 unspecified atom stereocenters. The minimum atomic E-state index is -3.71. The molecule has 0 saturated carbocycles. The Hall–Kier alpha value is -1.86. The van der Waals surface area contributed by atoms with Gasteiger partial charge in [0.05, 0.1) is 17.1 Å². The van der Waals surface area contributed by atoms with Gasteiger partial charge < -0.3 is 0 Å². The molecular weight excluding hydrogens is 281 g/mol. The van der Waals surface area contributed by atoms with Gasteiger partial charge in [-0.25, -0.2) is 27.5 Å². The molecule has 0 spiro atoms. The molecule has 0 aliphatic heterocycles. The van der Waals surface area contributed by atoms with Crippen molar-refractivity contribution in [2.45, 2.75) is 25.3 Å². The van der Waals surface area contributed by atoms with Crippen molar-refractivity contribution in [3.8, 4) is 0 Å². The van der Waals surface area contributed by atoms with Crippen LogP contribution in [0.25, 0.3) is 0 Å². The van der Waals surface area contributed by atoms with E-state index in [-0.39, 0.29) is 11.4 Å². The normalized spacial score (nSPS) is 11.6. The fourth-order valence-electron chi connectivity index (χ4n) is 1.99. The summed E-state index contributed by atoms with van der Waals surface area (Å²) in [7, 11) is -3.71. The van der Waals surface area contributed by atoms with Crippen LogP contribution < -0.4 is 4.72 Å². The summed E-state index contributed by atoms with van der Waals surface area (Å²) in [5.74, 6) is -0.449. The summed E-state index contributed by atoms with van der Waals surface area (Å²) in [4.78, 5) is 7.80. The molecule has 0 aliphatic carbocycles. The van der Waals surface area contributed by atoms with Gasteiger partial charge in [0.25, 0.3) is 0 Å². The standard InChI is InChI=1S/C13H14FN3O2S/c1-9-5-11(14)6-10(2)13(9)20(18,19)17-7-12-3-4-15-8-16-12/h3-6,8,17H,7H2,1-2H3. The Morgan fingerprint density at radius 3 is 2.45 bits per heavy atom. The highest BCUT2D eigenvalue weighted by Crippen LogP contribution is 2.21. The molecule has 1 N–H and O–H groups in total. The van der Waals surface area contributed by atoms with Gasteiger partial charge in [0.1, 0.15) is 12.1 Å². The second-order valence-electron chi connectivity index (χ2n) is 4.39. The van der Waals surface area contributed by atoms with Gasteiger partial charge in [-0.2, -0.15) is 0 Å². The third-order valence-corrected chi connectivity index (χ3v) is 4.49. The van der Waals surface area contributed by atoms with Crippen LogP contribution in [0, 0.1) is 19.7 Å². The summed E-state index contributed by atoms with van der Waals surface area (Å²) in [6.45, 7) is 3.19. The highest BCUT2D eigenvalue weighted by Gasteiger charge is 2.20. The molecule has 5 nitrogen and oxygen atoms in total. The zero-order valence-corrected chi connectivity index (χ0v) is 11.9. The van der Waals surface area contributed by atoms with Crippen LogP contribution in [0.4, 0.5) is 4.39 Å². The molecule has 2 rings (SSSR count). The largest absolute Gasteiger partial charge is 0.245 e. The highest BCUT2D eigenvalue weighted by atomic mass is 32.2. The monoisotopic (exact) mass is 295 g/mol. The van der Waals surface area contributed by atoms with E-state index in [1.807, 2.05) is 0 Å². The fraction of sp³-hybridized carbons (Fsp3) is 0.231. The molecule has 0 atom stereocenters. The van der Waals surface area contributed by atoms with Gasteiger partial charge in [0.15, 0.2) is 0 Å². The zero-order valence-electron chi connectivity index (χ0n) is 11.1. The number of benzene rings is 1. The van der Waals surface area contributed by atoms with E-state index in [4.69, 9.17) is 0 Å². The molecule has 0 aliphatic rings. The van der Waals surface area contributed by atoms with E-state index < -0.39 is 15.8 Å². The number of aryl methyl sites for hydroxylation is 2. The van der Waals surface area contributed by atoms with Crippen molar-refractivity contribution in [3.05, 3.63) is 53.4 Å². The Labute approximate surface area is 116 Å². The Morgan fingerprint density at radius 2 is 1.90 bits per heavy atom. The molecule has 0 saturated heterocycles. The van der Waals surface area contributed by atoms with Gasteiger partial charge in [-0.15, -0.1) is 0 Å². The van der Waals surface area contributed by atoms with Crippen molar-refractivity contribution < 1.29 is 12.8 Å². The smallest absolute Gasteiger partial charge is 0.241 e. The van der Waals surface area contributed by atoms with E-state index >= 15 is 0 Å². The number of hydrogen-bond acceptors (Lipinski definition) is 4. The predicted octanol–water partition coefficient (Wildman–Crippen LogP) is 1.71. The van der Waals surface area contributed by atoms with Gasteiger partial charge in [0, 0.05) is 6.20 Å². The van der Waals surface area contributed by atoms with Crippen LogP contribution in [0.2, 0.25) is 0 Å². The molecule has 0 bridgehead atoms. The van der Waals surface area contributed by atoms with Gasteiger partial charge in [-0.3, -0.25) is 0 Å². The lowest BCUT2D eigenvalue weighted by Gasteiger charge is -2.12. The molecule has 0 fully saturated rings. The lowest BCUT2D eigenvalue weighted by atomic mass is 10.1. The summed E-state index contributed by atoms with van der Waals surface area (Å²) in [5.41, 5.74) is 1.30. The van der Waals surface area contributed by atoms with Crippen LogP contribution >= 0.6 is 0 Å². The second kappa shape index (κ2) is 5.64. The molecule has 1 aromatic carbocycles. The van der Waals surface area contributed by atoms with Crippen molar-refractivity contribution in [2.75, 3.05) is 0 Å². The molecular formula is C13H14FN3O2S. The predicted molar refractivity (Wildman–Crippen MR) is 71.9 cm³/mol. The molecule has 2 aromatic rings. The summed E-state index contributed by atoms with van der Waals surface area (Å²) in [6, 6.07) is 4.02.